The Morgan fingerprint density at radius 2 is 1.44 bits per heavy atom. The zero-order valence-electron chi connectivity index (χ0n) is 14.2. The lowest BCUT2D eigenvalue weighted by atomic mass is 9.73. The van der Waals surface area contributed by atoms with Gasteiger partial charge in [-0.3, -0.25) is 0 Å². The molecule has 0 aromatic carbocycles. The van der Waals surface area contributed by atoms with Crippen LogP contribution < -0.4 is 0 Å². The predicted molar refractivity (Wildman–Crippen MR) is 84.9 cm³/mol. The van der Waals surface area contributed by atoms with Crippen LogP contribution in [-0.4, -0.2) is 0 Å². The summed E-state index contributed by atoms with van der Waals surface area (Å²) < 4.78 is 0. The van der Waals surface area contributed by atoms with Crippen LogP contribution in [0, 0.1) is 23.2 Å². The maximum Gasteiger partial charge on any atom is -0.0328 e. The van der Waals surface area contributed by atoms with Gasteiger partial charge in [-0.25, -0.2) is 0 Å². The molecule has 0 N–H and O–H groups in total. The van der Waals surface area contributed by atoms with E-state index in [9.17, 15) is 0 Å². The van der Waals surface area contributed by atoms with Crippen molar-refractivity contribution in [3.63, 3.8) is 0 Å². The highest BCUT2D eigenvalue weighted by Crippen LogP contribution is 2.36. The fourth-order valence-electron chi connectivity index (χ4n) is 2.72. The topological polar surface area (TPSA) is 0 Å². The minimum absolute atomic E-state index is 0.527. The molecule has 2 atom stereocenters. The third kappa shape index (κ3) is 8.16. The van der Waals surface area contributed by atoms with Gasteiger partial charge in [0.1, 0.15) is 0 Å². The number of rotatable bonds is 10. The normalized spacial score (nSPS) is 16.0. The molecule has 0 aliphatic rings. The van der Waals surface area contributed by atoms with Gasteiger partial charge in [0.05, 0.1) is 0 Å². The van der Waals surface area contributed by atoms with Crippen LogP contribution in [0.2, 0.25) is 0 Å². The Morgan fingerprint density at radius 1 is 0.833 bits per heavy atom. The van der Waals surface area contributed by atoms with E-state index in [1.165, 1.54) is 44.9 Å². The van der Waals surface area contributed by atoms with Crippen LogP contribution >= 0.6 is 0 Å². The Hall–Kier alpha value is 0. The first kappa shape index (κ1) is 18.0. The average molecular weight is 255 g/mol. The lowest BCUT2D eigenvalue weighted by Gasteiger charge is -2.33. The van der Waals surface area contributed by atoms with Crippen molar-refractivity contribution in [2.45, 2.75) is 93.4 Å². The van der Waals surface area contributed by atoms with Crippen molar-refractivity contribution in [1.82, 2.24) is 0 Å². The largest absolute Gasteiger partial charge is 0.0654 e. The molecule has 0 saturated heterocycles. The summed E-state index contributed by atoms with van der Waals surface area (Å²) in [6.45, 7) is 16.8. The highest BCUT2D eigenvalue weighted by atomic mass is 14.3. The third-order valence-corrected chi connectivity index (χ3v) is 4.82. The Balaban J connectivity index is 3.94. The molecule has 0 rings (SSSR count). The molecule has 0 bridgehead atoms. The Morgan fingerprint density at radius 3 is 1.94 bits per heavy atom. The van der Waals surface area contributed by atoms with Crippen molar-refractivity contribution in [3.8, 4) is 0 Å². The fourth-order valence-corrected chi connectivity index (χ4v) is 2.72. The van der Waals surface area contributed by atoms with Crippen LogP contribution in [-0.2, 0) is 0 Å². The molecule has 0 aromatic heterocycles. The van der Waals surface area contributed by atoms with E-state index in [-0.39, 0.29) is 0 Å². The van der Waals surface area contributed by atoms with Crippen LogP contribution in [0.4, 0.5) is 0 Å². The summed E-state index contributed by atoms with van der Waals surface area (Å²) in [6.07, 6.45) is 9.77. The number of hydrogen-bond acceptors (Lipinski definition) is 0. The third-order valence-electron chi connectivity index (χ3n) is 4.82. The molecule has 2 unspecified atom stereocenters. The first-order valence-electron chi connectivity index (χ1n) is 8.29. The molecule has 0 aromatic rings. The first-order valence-corrected chi connectivity index (χ1v) is 8.29. The fraction of sp³-hybridized carbons (Fsp3) is 1.00. The molecular weight excluding hydrogens is 216 g/mol. The van der Waals surface area contributed by atoms with Crippen LogP contribution in [0.5, 0.6) is 0 Å². The molecule has 0 spiro atoms. The smallest absolute Gasteiger partial charge is 0.0328 e. The van der Waals surface area contributed by atoms with Gasteiger partial charge >= 0.3 is 0 Å². The predicted octanol–water partition coefficient (Wildman–Crippen LogP) is 6.69. The monoisotopic (exact) mass is 254 g/mol. The lowest BCUT2D eigenvalue weighted by Crippen LogP contribution is -2.22. The molecule has 18 heavy (non-hydrogen) atoms. The molecule has 0 radical (unpaired) electrons. The second-order valence-electron chi connectivity index (χ2n) is 7.65. The zero-order valence-corrected chi connectivity index (χ0v) is 14.2. The SMILES string of the molecule is CCCC(C)CCC(C)(C)C(C)CCCC(C)C. The highest BCUT2D eigenvalue weighted by molar-refractivity contribution is 4.76. The van der Waals surface area contributed by atoms with Crippen molar-refractivity contribution >= 4 is 0 Å². The zero-order chi connectivity index (χ0) is 14.2. The molecule has 0 saturated carbocycles. The summed E-state index contributed by atoms with van der Waals surface area (Å²) in [5, 5.41) is 0. The average Bonchev–Trinajstić information content (AvgIpc) is 2.26. The standard InChI is InChI=1S/C18H38/c1-8-10-16(4)13-14-18(6,7)17(5)12-9-11-15(2)3/h15-17H,8-14H2,1-7H3. The van der Waals surface area contributed by atoms with Crippen molar-refractivity contribution in [3.05, 3.63) is 0 Å². The van der Waals surface area contributed by atoms with E-state index in [0.717, 1.165) is 17.8 Å². The van der Waals surface area contributed by atoms with Crippen molar-refractivity contribution in [2.75, 3.05) is 0 Å². The molecule has 0 heteroatoms. The minimum Gasteiger partial charge on any atom is -0.0654 e. The van der Waals surface area contributed by atoms with Gasteiger partial charge in [-0.1, -0.05) is 87.0 Å². The molecule has 0 amide bonds. The summed E-state index contributed by atoms with van der Waals surface area (Å²) in [4.78, 5) is 0. The minimum atomic E-state index is 0.527. The second-order valence-corrected chi connectivity index (χ2v) is 7.65. The molecule has 0 aliphatic heterocycles. The van der Waals surface area contributed by atoms with Crippen molar-refractivity contribution < 1.29 is 0 Å². The lowest BCUT2D eigenvalue weighted by molar-refractivity contribution is 0.178. The second kappa shape index (κ2) is 8.99. The van der Waals surface area contributed by atoms with Gasteiger partial charge in [0.25, 0.3) is 0 Å². The maximum atomic E-state index is 2.48. The quantitative estimate of drug-likeness (QED) is 0.407. The van der Waals surface area contributed by atoms with Gasteiger partial charge in [-0.2, -0.15) is 0 Å². The Bertz CT molecular complexity index is 190. The molecule has 0 fully saturated rings. The molecular formula is C18H38. The van der Waals surface area contributed by atoms with E-state index >= 15 is 0 Å². The van der Waals surface area contributed by atoms with E-state index < -0.39 is 0 Å². The maximum absolute atomic E-state index is 2.48. The van der Waals surface area contributed by atoms with E-state index in [0.29, 0.717) is 5.41 Å². The molecule has 110 valence electrons. The van der Waals surface area contributed by atoms with Crippen molar-refractivity contribution in [1.29, 1.82) is 0 Å². The number of hydrogen-bond donors (Lipinski definition) is 0. The summed E-state index contributed by atoms with van der Waals surface area (Å²) >= 11 is 0. The van der Waals surface area contributed by atoms with Crippen LogP contribution in [0.3, 0.4) is 0 Å². The van der Waals surface area contributed by atoms with Gasteiger partial charge in [0, 0.05) is 0 Å². The van der Waals surface area contributed by atoms with E-state index in [4.69, 9.17) is 0 Å². The first-order chi connectivity index (χ1) is 8.29. The summed E-state index contributed by atoms with van der Waals surface area (Å²) in [5.74, 6) is 2.65. The Labute approximate surface area is 117 Å². The van der Waals surface area contributed by atoms with Crippen LogP contribution in [0.1, 0.15) is 93.4 Å². The summed E-state index contributed by atoms with van der Waals surface area (Å²) in [6, 6.07) is 0. The van der Waals surface area contributed by atoms with Gasteiger partial charge in [0.2, 0.25) is 0 Å². The Kier molecular flexibility index (Phi) is 8.99. The van der Waals surface area contributed by atoms with Gasteiger partial charge < -0.3 is 0 Å². The van der Waals surface area contributed by atoms with Gasteiger partial charge in [-0.15, -0.1) is 0 Å². The molecule has 0 nitrogen and oxygen atoms in total. The van der Waals surface area contributed by atoms with E-state index in [1.54, 1.807) is 0 Å². The van der Waals surface area contributed by atoms with Crippen LogP contribution in [0.15, 0.2) is 0 Å². The van der Waals surface area contributed by atoms with Gasteiger partial charge in [-0.05, 0) is 29.6 Å². The summed E-state index contributed by atoms with van der Waals surface area (Å²) in [7, 11) is 0. The van der Waals surface area contributed by atoms with Gasteiger partial charge in [0.15, 0.2) is 0 Å². The highest BCUT2D eigenvalue weighted by Gasteiger charge is 2.25. The van der Waals surface area contributed by atoms with E-state index in [1.807, 2.05) is 0 Å². The molecule has 0 heterocycles. The van der Waals surface area contributed by atoms with Crippen molar-refractivity contribution in [2.24, 2.45) is 23.2 Å². The van der Waals surface area contributed by atoms with E-state index in [2.05, 4.69) is 48.5 Å². The van der Waals surface area contributed by atoms with Crippen LogP contribution in [0.25, 0.3) is 0 Å². The molecule has 0 aliphatic carbocycles. The summed E-state index contributed by atoms with van der Waals surface area (Å²) in [5.41, 5.74) is 0.527.